The minimum Gasteiger partial charge on any atom is -0.310 e. The fourth-order valence-corrected chi connectivity index (χ4v) is 3.73. The molecular weight excluding hydrogens is 324 g/mol. The lowest BCUT2D eigenvalue weighted by atomic mass is 9.83. The Morgan fingerprint density at radius 1 is 1.25 bits per heavy atom. The summed E-state index contributed by atoms with van der Waals surface area (Å²) < 4.78 is 27.2. The van der Waals surface area contributed by atoms with Gasteiger partial charge in [0.25, 0.3) is 0 Å². The van der Waals surface area contributed by atoms with Crippen LogP contribution in [0.1, 0.15) is 57.1 Å². The van der Waals surface area contributed by atoms with E-state index in [1.54, 1.807) is 6.07 Å². The maximum absolute atomic E-state index is 13.7. The van der Waals surface area contributed by atoms with Crippen molar-refractivity contribution in [3.8, 4) is 0 Å². The molecule has 1 fully saturated rings. The van der Waals surface area contributed by atoms with Crippen LogP contribution < -0.4 is 5.32 Å². The summed E-state index contributed by atoms with van der Waals surface area (Å²) in [6.07, 6.45) is 7.42. The van der Waals surface area contributed by atoms with Gasteiger partial charge in [0.15, 0.2) is 11.6 Å². The van der Waals surface area contributed by atoms with E-state index in [-0.39, 0.29) is 10.5 Å². The standard InChI is InChI=1S/C16H22BrF2N/c1-2-20-14(10-11-6-4-3-5-7-11)12-8-9-13(18)16(19)15(12)17/h8-9,11,14,20H,2-7,10H2,1H3. The molecule has 1 nitrogen and oxygen atoms in total. The molecule has 20 heavy (non-hydrogen) atoms. The molecule has 1 aromatic carbocycles. The summed E-state index contributed by atoms with van der Waals surface area (Å²) in [6, 6.07) is 3.01. The third-order valence-electron chi connectivity index (χ3n) is 4.18. The fourth-order valence-electron chi connectivity index (χ4n) is 3.13. The van der Waals surface area contributed by atoms with Crippen molar-refractivity contribution in [3.05, 3.63) is 33.8 Å². The van der Waals surface area contributed by atoms with Gasteiger partial charge in [-0.05, 0) is 46.4 Å². The van der Waals surface area contributed by atoms with Crippen molar-refractivity contribution < 1.29 is 8.78 Å². The van der Waals surface area contributed by atoms with Crippen LogP contribution in [0, 0.1) is 17.6 Å². The third kappa shape index (κ3) is 3.79. The van der Waals surface area contributed by atoms with Gasteiger partial charge in [0.05, 0.1) is 4.47 Å². The van der Waals surface area contributed by atoms with E-state index in [0.717, 1.165) is 18.5 Å². The highest BCUT2D eigenvalue weighted by Gasteiger charge is 2.23. The lowest BCUT2D eigenvalue weighted by Crippen LogP contribution is -2.25. The maximum atomic E-state index is 13.7. The second-order valence-electron chi connectivity index (χ2n) is 5.61. The zero-order valence-corrected chi connectivity index (χ0v) is 13.5. The summed E-state index contributed by atoms with van der Waals surface area (Å²) in [5, 5.41) is 3.41. The summed E-state index contributed by atoms with van der Waals surface area (Å²) in [4.78, 5) is 0. The molecule has 1 N–H and O–H groups in total. The fraction of sp³-hybridized carbons (Fsp3) is 0.625. The third-order valence-corrected chi connectivity index (χ3v) is 4.99. The summed E-state index contributed by atoms with van der Waals surface area (Å²) in [6.45, 7) is 2.87. The molecule has 1 saturated carbocycles. The average Bonchev–Trinajstić information content (AvgIpc) is 2.46. The largest absolute Gasteiger partial charge is 0.310 e. The Hall–Kier alpha value is -0.480. The molecule has 2 rings (SSSR count). The Morgan fingerprint density at radius 3 is 2.60 bits per heavy atom. The van der Waals surface area contributed by atoms with Crippen molar-refractivity contribution in [2.24, 2.45) is 5.92 Å². The normalized spacial score (nSPS) is 18.2. The first-order chi connectivity index (χ1) is 9.63. The number of benzene rings is 1. The minimum absolute atomic E-state index is 0.0903. The van der Waals surface area contributed by atoms with Gasteiger partial charge in [0, 0.05) is 6.04 Å². The molecule has 1 unspecified atom stereocenters. The van der Waals surface area contributed by atoms with E-state index < -0.39 is 11.6 Å². The average molecular weight is 346 g/mol. The Labute approximate surface area is 128 Å². The number of hydrogen-bond donors (Lipinski definition) is 1. The second-order valence-corrected chi connectivity index (χ2v) is 6.41. The van der Waals surface area contributed by atoms with Crippen molar-refractivity contribution in [2.75, 3.05) is 6.54 Å². The van der Waals surface area contributed by atoms with Crippen LogP contribution in [0.5, 0.6) is 0 Å². The summed E-state index contributed by atoms with van der Waals surface area (Å²) in [5.74, 6) is -0.893. The highest BCUT2D eigenvalue weighted by Crippen LogP contribution is 2.35. The molecule has 1 aliphatic carbocycles. The Kier molecular flexibility index (Phi) is 5.97. The molecule has 0 spiro atoms. The van der Waals surface area contributed by atoms with Crippen LogP contribution >= 0.6 is 15.9 Å². The smallest absolute Gasteiger partial charge is 0.173 e. The van der Waals surface area contributed by atoms with Gasteiger partial charge in [-0.1, -0.05) is 45.1 Å². The monoisotopic (exact) mass is 345 g/mol. The van der Waals surface area contributed by atoms with E-state index in [1.807, 2.05) is 6.92 Å². The molecule has 0 heterocycles. The highest BCUT2D eigenvalue weighted by atomic mass is 79.9. The van der Waals surface area contributed by atoms with E-state index in [0.29, 0.717) is 5.92 Å². The molecule has 0 aliphatic heterocycles. The van der Waals surface area contributed by atoms with Crippen molar-refractivity contribution in [1.29, 1.82) is 0 Å². The molecule has 1 aromatic rings. The highest BCUT2D eigenvalue weighted by molar-refractivity contribution is 9.10. The number of halogens is 3. The molecular formula is C16H22BrF2N. The predicted octanol–water partition coefficient (Wildman–Crippen LogP) is 5.35. The maximum Gasteiger partial charge on any atom is 0.173 e. The lowest BCUT2D eigenvalue weighted by molar-refractivity contribution is 0.300. The van der Waals surface area contributed by atoms with E-state index >= 15 is 0 Å². The number of hydrogen-bond acceptors (Lipinski definition) is 1. The Balaban J connectivity index is 2.17. The van der Waals surface area contributed by atoms with Gasteiger partial charge < -0.3 is 5.32 Å². The van der Waals surface area contributed by atoms with Gasteiger partial charge in [-0.15, -0.1) is 0 Å². The Morgan fingerprint density at radius 2 is 1.95 bits per heavy atom. The van der Waals surface area contributed by atoms with Crippen molar-refractivity contribution >= 4 is 15.9 Å². The van der Waals surface area contributed by atoms with Gasteiger partial charge in [0.1, 0.15) is 0 Å². The van der Waals surface area contributed by atoms with Crippen LogP contribution in [0.3, 0.4) is 0 Å². The lowest BCUT2D eigenvalue weighted by Gasteiger charge is -2.28. The summed E-state index contributed by atoms with van der Waals surface area (Å²) in [5.41, 5.74) is 0.830. The van der Waals surface area contributed by atoms with E-state index in [1.165, 1.54) is 38.2 Å². The number of nitrogens with one attached hydrogen (secondary N) is 1. The van der Waals surface area contributed by atoms with Crippen LogP contribution in [-0.4, -0.2) is 6.54 Å². The molecule has 4 heteroatoms. The quantitative estimate of drug-likeness (QED) is 0.709. The van der Waals surface area contributed by atoms with Gasteiger partial charge in [0.2, 0.25) is 0 Å². The molecule has 1 aliphatic rings. The van der Waals surface area contributed by atoms with Crippen molar-refractivity contribution in [3.63, 3.8) is 0 Å². The van der Waals surface area contributed by atoms with Crippen LogP contribution in [0.25, 0.3) is 0 Å². The molecule has 0 bridgehead atoms. The van der Waals surface area contributed by atoms with Gasteiger partial charge in [-0.25, -0.2) is 8.78 Å². The second kappa shape index (κ2) is 7.51. The van der Waals surface area contributed by atoms with E-state index in [9.17, 15) is 8.78 Å². The SMILES string of the molecule is CCNC(CC1CCCCC1)c1ccc(F)c(F)c1Br. The summed E-state index contributed by atoms with van der Waals surface area (Å²) in [7, 11) is 0. The molecule has 112 valence electrons. The molecule has 0 radical (unpaired) electrons. The van der Waals surface area contributed by atoms with E-state index in [4.69, 9.17) is 0 Å². The Bertz CT molecular complexity index is 444. The van der Waals surface area contributed by atoms with Crippen LogP contribution in [0.2, 0.25) is 0 Å². The molecule has 1 atom stereocenters. The van der Waals surface area contributed by atoms with Crippen molar-refractivity contribution in [1.82, 2.24) is 5.32 Å². The van der Waals surface area contributed by atoms with Crippen molar-refractivity contribution in [2.45, 2.75) is 51.5 Å². The minimum atomic E-state index is -0.798. The molecule has 0 aromatic heterocycles. The zero-order chi connectivity index (χ0) is 14.5. The van der Waals surface area contributed by atoms with Crippen LogP contribution in [0.15, 0.2) is 16.6 Å². The topological polar surface area (TPSA) is 12.0 Å². The first-order valence-corrected chi connectivity index (χ1v) is 8.29. The molecule has 0 saturated heterocycles. The zero-order valence-electron chi connectivity index (χ0n) is 11.9. The first kappa shape index (κ1) is 15.9. The predicted molar refractivity (Wildman–Crippen MR) is 81.7 cm³/mol. The van der Waals surface area contributed by atoms with Gasteiger partial charge >= 0.3 is 0 Å². The van der Waals surface area contributed by atoms with Crippen LogP contribution in [-0.2, 0) is 0 Å². The van der Waals surface area contributed by atoms with Gasteiger partial charge in [-0.3, -0.25) is 0 Å². The number of rotatable bonds is 5. The van der Waals surface area contributed by atoms with Gasteiger partial charge in [-0.2, -0.15) is 0 Å². The first-order valence-electron chi connectivity index (χ1n) is 7.50. The summed E-state index contributed by atoms with van der Waals surface area (Å²) >= 11 is 3.21. The van der Waals surface area contributed by atoms with Crippen LogP contribution in [0.4, 0.5) is 8.78 Å². The van der Waals surface area contributed by atoms with E-state index in [2.05, 4.69) is 21.2 Å². The molecule has 0 amide bonds.